The number of fused-ring (bicyclic) bond motifs is 1. The van der Waals surface area contributed by atoms with Crippen molar-refractivity contribution in [2.24, 2.45) is 7.05 Å². The maximum atomic E-state index is 13.5. The molecule has 0 spiro atoms. The number of aryl methyl sites for hydroxylation is 1. The van der Waals surface area contributed by atoms with Crippen LogP contribution in [0.3, 0.4) is 0 Å². The monoisotopic (exact) mass is 339 g/mol. The maximum absolute atomic E-state index is 13.5. The highest BCUT2D eigenvalue weighted by molar-refractivity contribution is 6.62. The lowest BCUT2D eigenvalue weighted by Gasteiger charge is -2.32. The van der Waals surface area contributed by atoms with Gasteiger partial charge in [-0.2, -0.15) is 13.2 Å². The molecule has 1 aromatic carbocycles. The molecule has 0 bridgehead atoms. The van der Waals surface area contributed by atoms with Crippen LogP contribution in [0.5, 0.6) is 0 Å². The van der Waals surface area contributed by atoms with Gasteiger partial charge in [0.2, 0.25) is 0 Å². The van der Waals surface area contributed by atoms with Crippen LogP contribution >= 0.6 is 0 Å². The van der Waals surface area contributed by atoms with Crippen molar-refractivity contribution in [1.82, 2.24) is 4.57 Å². The van der Waals surface area contributed by atoms with Crippen molar-refractivity contribution in [3.05, 3.63) is 29.5 Å². The Morgan fingerprint density at radius 1 is 1.04 bits per heavy atom. The summed E-state index contributed by atoms with van der Waals surface area (Å²) in [6.07, 6.45) is -4.40. The fourth-order valence-electron chi connectivity index (χ4n) is 3.07. The Hall–Kier alpha value is -1.47. The molecule has 0 atom stereocenters. The lowest BCUT2D eigenvalue weighted by molar-refractivity contribution is -0.136. The van der Waals surface area contributed by atoms with Gasteiger partial charge in [0, 0.05) is 23.6 Å². The molecular weight excluding hydrogens is 318 g/mol. The van der Waals surface area contributed by atoms with Crippen LogP contribution in [0, 0.1) is 6.92 Å². The second-order valence-corrected chi connectivity index (χ2v) is 7.38. The summed E-state index contributed by atoms with van der Waals surface area (Å²) >= 11 is 0. The molecule has 0 aliphatic carbocycles. The van der Waals surface area contributed by atoms with Gasteiger partial charge in [0.15, 0.2) is 0 Å². The van der Waals surface area contributed by atoms with Crippen molar-refractivity contribution in [2.45, 2.75) is 52.0 Å². The van der Waals surface area contributed by atoms with E-state index >= 15 is 0 Å². The van der Waals surface area contributed by atoms with E-state index in [-0.39, 0.29) is 11.1 Å². The number of nitrogens with zero attached hydrogens (tertiary/aromatic N) is 1. The Labute approximate surface area is 139 Å². The average molecular weight is 339 g/mol. The third kappa shape index (κ3) is 2.45. The van der Waals surface area contributed by atoms with Crippen LogP contribution in [-0.2, 0) is 22.5 Å². The van der Waals surface area contributed by atoms with E-state index in [1.54, 1.807) is 23.7 Å². The van der Waals surface area contributed by atoms with Crippen molar-refractivity contribution in [3.63, 3.8) is 0 Å². The maximum Gasteiger partial charge on any atom is 0.494 e. The highest BCUT2D eigenvalue weighted by atomic mass is 19.4. The number of halogens is 3. The van der Waals surface area contributed by atoms with E-state index in [4.69, 9.17) is 9.31 Å². The molecule has 3 rings (SSSR count). The second kappa shape index (κ2) is 5.02. The SMILES string of the molecule is Cc1c(C(F)(F)F)c2cc(B3OC(C)(C)C(C)(C)O3)ccc2n1C. The molecule has 0 N–H and O–H groups in total. The number of rotatable bonds is 1. The third-order valence-electron chi connectivity index (χ3n) is 5.33. The number of benzene rings is 1. The molecule has 130 valence electrons. The van der Waals surface area contributed by atoms with Gasteiger partial charge in [0.25, 0.3) is 0 Å². The van der Waals surface area contributed by atoms with Crippen LogP contribution in [0.25, 0.3) is 10.9 Å². The van der Waals surface area contributed by atoms with E-state index < -0.39 is 30.1 Å². The summed E-state index contributed by atoms with van der Waals surface area (Å²) < 4.78 is 53.9. The minimum Gasteiger partial charge on any atom is -0.399 e. The van der Waals surface area contributed by atoms with Gasteiger partial charge < -0.3 is 13.9 Å². The first-order chi connectivity index (χ1) is 10.8. The summed E-state index contributed by atoms with van der Waals surface area (Å²) in [6, 6.07) is 5.00. The van der Waals surface area contributed by atoms with Gasteiger partial charge in [-0.25, -0.2) is 0 Å². The molecule has 0 unspecified atom stereocenters. The molecule has 1 aliphatic heterocycles. The molecule has 2 aromatic rings. The molecule has 0 radical (unpaired) electrons. The summed E-state index contributed by atoms with van der Waals surface area (Å²) in [6.45, 7) is 9.15. The number of alkyl halides is 3. The molecule has 0 saturated carbocycles. The molecule has 3 nitrogen and oxygen atoms in total. The minimum absolute atomic E-state index is 0.176. The first-order valence-corrected chi connectivity index (χ1v) is 7.87. The van der Waals surface area contributed by atoms with Crippen molar-refractivity contribution in [1.29, 1.82) is 0 Å². The molecule has 1 fully saturated rings. The second-order valence-electron chi connectivity index (χ2n) is 7.38. The van der Waals surface area contributed by atoms with E-state index in [9.17, 15) is 13.2 Å². The van der Waals surface area contributed by atoms with Crippen molar-refractivity contribution in [3.8, 4) is 0 Å². The summed E-state index contributed by atoms with van der Waals surface area (Å²) in [5.74, 6) is 0. The first kappa shape index (κ1) is 17.4. The van der Waals surface area contributed by atoms with E-state index in [1.807, 2.05) is 27.7 Å². The molecular formula is C17H21BF3NO2. The minimum atomic E-state index is -4.40. The summed E-state index contributed by atoms with van der Waals surface area (Å²) in [5.41, 5.74) is -0.336. The third-order valence-corrected chi connectivity index (χ3v) is 5.33. The van der Waals surface area contributed by atoms with Crippen LogP contribution in [0.15, 0.2) is 18.2 Å². The zero-order valence-corrected chi connectivity index (χ0v) is 14.7. The first-order valence-electron chi connectivity index (χ1n) is 7.87. The van der Waals surface area contributed by atoms with Gasteiger partial charge in [0.1, 0.15) is 0 Å². The van der Waals surface area contributed by atoms with Gasteiger partial charge in [-0.05, 0) is 46.1 Å². The molecule has 1 aliphatic rings. The molecule has 7 heteroatoms. The standard InChI is InChI=1S/C17H21BF3NO2/c1-10-14(17(19,20)21)12-9-11(7-8-13(12)22(10)6)18-23-15(2,3)16(4,5)24-18/h7-9H,1-6H3. The summed E-state index contributed by atoms with van der Waals surface area (Å²) in [5, 5.41) is 0.176. The van der Waals surface area contributed by atoms with Crippen LogP contribution < -0.4 is 5.46 Å². The predicted molar refractivity (Wildman–Crippen MR) is 88.4 cm³/mol. The number of hydrogen-bond donors (Lipinski definition) is 0. The van der Waals surface area contributed by atoms with Crippen LogP contribution in [0.4, 0.5) is 13.2 Å². The largest absolute Gasteiger partial charge is 0.494 e. The Kier molecular flexibility index (Phi) is 3.63. The average Bonchev–Trinajstić information content (AvgIpc) is 2.80. The van der Waals surface area contributed by atoms with Crippen LogP contribution in [-0.4, -0.2) is 22.9 Å². The molecule has 24 heavy (non-hydrogen) atoms. The quantitative estimate of drug-likeness (QED) is 0.738. The van der Waals surface area contributed by atoms with Crippen molar-refractivity contribution in [2.75, 3.05) is 0 Å². The Morgan fingerprint density at radius 2 is 1.58 bits per heavy atom. The molecule has 1 aromatic heterocycles. The topological polar surface area (TPSA) is 23.4 Å². The van der Waals surface area contributed by atoms with Gasteiger partial charge in [0.05, 0.1) is 16.8 Å². The molecule has 0 amide bonds. The lowest BCUT2D eigenvalue weighted by Crippen LogP contribution is -2.41. The highest BCUT2D eigenvalue weighted by Gasteiger charge is 2.51. The van der Waals surface area contributed by atoms with Gasteiger partial charge in [-0.1, -0.05) is 12.1 Å². The Bertz CT molecular complexity index is 792. The van der Waals surface area contributed by atoms with Gasteiger partial charge in [-0.15, -0.1) is 0 Å². The van der Waals surface area contributed by atoms with E-state index in [1.165, 1.54) is 13.0 Å². The normalized spacial score (nSPS) is 20.1. The summed E-state index contributed by atoms with van der Waals surface area (Å²) in [7, 11) is 0.961. The van der Waals surface area contributed by atoms with Crippen LogP contribution in [0.1, 0.15) is 39.0 Å². The lowest BCUT2D eigenvalue weighted by atomic mass is 9.78. The fourth-order valence-corrected chi connectivity index (χ4v) is 3.07. The Balaban J connectivity index is 2.13. The van der Waals surface area contributed by atoms with E-state index in [0.29, 0.717) is 11.0 Å². The fraction of sp³-hybridized carbons (Fsp3) is 0.529. The van der Waals surface area contributed by atoms with Crippen molar-refractivity contribution < 1.29 is 22.5 Å². The van der Waals surface area contributed by atoms with Gasteiger partial charge in [-0.3, -0.25) is 0 Å². The number of aromatic nitrogens is 1. The zero-order chi connectivity index (χ0) is 18.1. The molecule has 2 heterocycles. The van der Waals surface area contributed by atoms with E-state index in [0.717, 1.165) is 0 Å². The molecule has 1 saturated heterocycles. The highest BCUT2D eigenvalue weighted by Crippen LogP contribution is 2.40. The van der Waals surface area contributed by atoms with Crippen LogP contribution in [0.2, 0.25) is 0 Å². The Morgan fingerprint density at radius 3 is 2.08 bits per heavy atom. The van der Waals surface area contributed by atoms with Crippen molar-refractivity contribution >= 4 is 23.5 Å². The summed E-state index contributed by atoms with van der Waals surface area (Å²) in [4.78, 5) is 0. The zero-order valence-electron chi connectivity index (χ0n) is 14.7. The smallest absolute Gasteiger partial charge is 0.399 e. The number of hydrogen-bond acceptors (Lipinski definition) is 2. The van der Waals surface area contributed by atoms with Gasteiger partial charge >= 0.3 is 13.3 Å². The predicted octanol–water partition coefficient (Wildman–Crippen LogP) is 3.80. The van der Waals surface area contributed by atoms with E-state index in [2.05, 4.69) is 0 Å².